The fraction of sp³-hybridized carbons (Fsp3) is 0.0952. The maximum Gasteiger partial charge on any atom is 0.255 e. The molecule has 5 nitrogen and oxygen atoms in total. The lowest BCUT2D eigenvalue weighted by molar-refractivity contribution is 0.102. The van der Waals surface area contributed by atoms with E-state index in [2.05, 4.69) is 10.6 Å². The highest BCUT2D eigenvalue weighted by Crippen LogP contribution is 2.35. The molecule has 2 N–H and O–H groups in total. The molecule has 1 aliphatic rings. The van der Waals surface area contributed by atoms with Gasteiger partial charge in [0.2, 0.25) is 6.79 Å². The van der Waals surface area contributed by atoms with Crippen LogP contribution in [0.4, 0.5) is 17.1 Å². The van der Waals surface area contributed by atoms with Crippen molar-refractivity contribution in [3.8, 4) is 11.5 Å². The molecule has 0 aliphatic carbocycles. The molecule has 3 aromatic rings. The van der Waals surface area contributed by atoms with Crippen molar-refractivity contribution in [1.82, 2.24) is 0 Å². The van der Waals surface area contributed by atoms with Crippen molar-refractivity contribution < 1.29 is 14.3 Å². The van der Waals surface area contributed by atoms with Crippen molar-refractivity contribution >= 4 is 23.0 Å². The molecule has 0 saturated heterocycles. The Hall–Kier alpha value is -3.47. The number of carbonyl (C=O) groups excluding carboxylic acids is 1. The molecule has 0 spiro atoms. The summed E-state index contributed by atoms with van der Waals surface area (Å²) < 4.78 is 10.7. The summed E-state index contributed by atoms with van der Waals surface area (Å²) in [6.07, 6.45) is 0. The maximum atomic E-state index is 12.3. The molecule has 0 unspecified atom stereocenters. The van der Waals surface area contributed by atoms with E-state index in [9.17, 15) is 4.79 Å². The first-order chi connectivity index (χ1) is 12.7. The van der Waals surface area contributed by atoms with Crippen molar-refractivity contribution in [2.45, 2.75) is 6.92 Å². The second-order valence-corrected chi connectivity index (χ2v) is 6.09. The fourth-order valence-electron chi connectivity index (χ4n) is 2.69. The lowest BCUT2D eigenvalue weighted by Crippen LogP contribution is -2.11. The van der Waals surface area contributed by atoms with E-state index < -0.39 is 0 Å². The largest absolute Gasteiger partial charge is 0.454 e. The number of benzene rings is 3. The summed E-state index contributed by atoms with van der Waals surface area (Å²) >= 11 is 0. The highest BCUT2D eigenvalue weighted by molar-refractivity contribution is 6.04. The molecule has 0 bridgehead atoms. The summed E-state index contributed by atoms with van der Waals surface area (Å²) in [5.74, 6) is 1.36. The lowest BCUT2D eigenvalue weighted by Gasteiger charge is -2.09. The Morgan fingerprint density at radius 2 is 1.46 bits per heavy atom. The minimum absolute atomic E-state index is 0.124. The van der Waals surface area contributed by atoms with Gasteiger partial charge in [-0.05, 0) is 55.5 Å². The number of fused-ring (bicyclic) bond motifs is 1. The first-order valence-corrected chi connectivity index (χ1v) is 8.32. The molecule has 0 aromatic heterocycles. The molecule has 0 atom stereocenters. The minimum atomic E-state index is -0.124. The average molecular weight is 346 g/mol. The van der Waals surface area contributed by atoms with Crippen molar-refractivity contribution in [3.63, 3.8) is 0 Å². The standard InChI is InChI=1S/C21H18N2O3/c1-14-2-4-15(5-3-14)21(24)23-17-8-6-16(7-9-17)22-18-10-11-19-20(12-18)26-13-25-19/h2-12,22H,13H2,1H3,(H,23,24). The van der Waals surface area contributed by atoms with Crippen LogP contribution in [0, 0.1) is 6.92 Å². The van der Waals surface area contributed by atoms with Gasteiger partial charge in [-0.15, -0.1) is 0 Å². The van der Waals surface area contributed by atoms with E-state index in [0.717, 1.165) is 34.1 Å². The van der Waals surface area contributed by atoms with Crippen LogP contribution in [0.2, 0.25) is 0 Å². The predicted octanol–water partition coefficient (Wildman–Crippen LogP) is 4.72. The van der Waals surface area contributed by atoms with Gasteiger partial charge >= 0.3 is 0 Å². The summed E-state index contributed by atoms with van der Waals surface area (Å²) in [5.41, 5.74) is 4.33. The number of hydrogen-bond acceptors (Lipinski definition) is 4. The van der Waals surface area contributed by atoms with E-state index in [1.807, 2.05) is 73.7 Å². The van der Waals surface area contributed by atoms with Crippen molar-refractivity contribution in [2.75, 3.05) is 17.4 Å². The van der Waals surface area contributed by atoms with Gasteiger partial charge in [0.05, 0.1) is 0 Å². The summed E-state index contributed by atoms with van der Waals surface area (Å²) in [7, 11) is 0. The SMILES string of the molecule is Cc1ccc(C(=O)Nc2ccc(Nc3ccc4c(c3)OCO4)cc2)cc1. The molecule has 1 aliphatic heterocycles. The summed E-state index contributed by atoms with van der Waals surface area (Å²) in [6, 6.07) is 20.7. The van der Waals surface area contributed by atoms with Crippen LogP contribution in [0.25, 0.3) is 0 Å². The van der Waals surface area contributed by atoms with Crippen LogP contribution in [0.3, 0.4) is 0 Å². The van der Waals surface area contributed by atoms with Gasteiger partial charge in [0.25, 0.3) is 5.91 Å². The van der Waals surface area contributed by atoms with Gasteiger partial charge < -0.3 is 20.1 Å². The van der Waals surface area contributed by atoms with Crippen molar-refractivity contribution in [2.24, 2.45) is 0 Å². The zero-order valence-corrected chi connectivity index (χ0v) is 14.3. The van der Waals surface area contributed by atoms with Gasteiger partial charge in [-0.2, -0.15) is 0 Å². The molecular formula is C21H18N2O3. The maximum absolute atomic E-state index is 12.3. The molecule has 5 heteroatoms. The number of anilines is 3. The van der Waals surface area contributed by atoms with Crippen LogP contribution < -0.4 is 20.1 Å². The Labute approximate surface area is 151 Å². The highest BCUT2D eigenvalue weighted by atomic mass is 16.7. The van der Waals surface area contributed by atoms with E-state index >= 15 is 0 Å². The third kappa shape index (κ3) is 3.47. The quantitative estimate of drug-likeness (QED) is 0.718. The molecular weight excluding hydrogens is 328 g/mol. The van der Waals surface area contributed by atoms with Gasteiger partial charge in [0.15, 0.2) is 11.5 Å². The molecule has 0 radical (unpaired) electrons. The average Bonchev–Trinajstić information content (AvgIpc) is 3.12. The van der Waals surface area contributed by atoms with Crippen LogP contribution in [0.15, 0.2) is 66.7 Å². The van der Waals surface area contributed by atoms with Crippen LogP contribution in [-0.2, 0) is 0 Å². The summed E-state index contributed by atoms with van der Waals surface area (Å²) in [4.78, 5) is 12.3. The van der Waals surface area contributed by atoms with Crippen LogP contribution in [-0.4, -0.2) is 12.7 Å². The van der Waals surface area contributed by atoms with Crippen LogP contribution >= 0.6 is 0 Å². The molecule has 0 saturated carbocycles. The molecule has 26 heavy (non-hydrogen) atoms. The van der Waals surface area contributed by atoms with E-state index in [1.54, 1.807) is 0 Å². The van der Waals surface area contributed by atoms with Crippen LogP contribution in [0.5, 0.6) is 11.5 Å². The van der Waals surface area contributed by atoms with E-state index in [4.69, 9.17) is 9.47 Å². The van der Waals surface area contributed by atoms with E-state index in [1.165, 1.54) is 0 Å². The van der Waals surface area contributed by atoms with Gasteiger partial charge in [0, 0.05) is 28.7 Å². The second-order valence-electron chi connectivity index (χ2n) is 6.09. The molecule has 130 valence electrons. The van der Waals surface area contributed by atoms with E-state index in [-0.39, 0.29) is 12.7 Å². The molecule has 1 amide bonds. The number of carbonyl (C=O) groups is 1. The van der Waals surface area contributed by atoms with Crippen LogP contribution in [0.1, 0.15) is 15.9 Å². The first-order valence-electron chi connectivity index (χ1n) is 8.32. The Morgan fingerprint density at radius 1 is 0.808 bits per heavy atom. The predicted molar refractivity (Wildman–Crippen MR) is 101 cm³/mol. The van der Waals surface area contributed by atoms with Crippen molar-refractivity contribution in [1.29, 1.82) is 0 Å². The Kier molecular flexibility index (Phi) is 4.19. The monoisotopic (exact) mass is 346 g/mol. The Morgan fingerprint density at radius 3 is 2.23 bits per heavy atom. The fourth-order valence-corrected chi connectivity index (χ4v) is 2.69. The number of hydrogen-bond donors (Lipinski definition) is 2. The number of rotatable bonds is 4. The summed E-state index contributed by atoms with van der Waals surface area (Å²) in [5, 5.41) is 6.20. The first kappa shape index (κ1) is 16.0. The van der Waals surface area contributed by atoms with E-state index in [0.29, 0.717) is 5.56 Å². The lowest BCUT2D eigenvalue weighted by atomic mass is 10.1. The summed E-state index contributed by atoms with van der Waals surface area (Å²) in [6.45, 7) is 2.25. The number of ether oxygens (including phenoxy) is 2. The zero-order chi connectivity index (χ0) is 17.9. The normalized spacial score (nSPS) is 11.9. The zero-order valence-electron chi connectivity index (χ0n) is 14.3. The number of amides is 1. The smallest absolute Gasteiger partial charge is 0.255 e. The second kappa shape index (κ2) is 6.80. The van der Waals surface area contributed by atoms with Gasteiger partial charge in [-0.3, -0.25) is 4.79 Å². The highest BCUT2D eigenvalue weighted by Gasteiger charge is 2.13. The topological polar surface area (TPSA) is 59.6 Å². The molecule has 4 rings (SSSR count). The molecule has 1 heterocycles. The third-order valence-electron chi connectivity index (χ3n) is 4.12. The van der Waals surface area contributed by atoms with Crippen molar-refractivity contribution in [3.05, 3.63) is 77.9 Å². The Bertz CT molecular complexity index is 934. The van der Waals surface area contributed by atoms with Gasteiger partial charge in [-0.25, -0.2) is 0 Å². The van der Waals surface area contributed by atoms with Gasteiger partial charge in [0.1, 0.15) is 0 Å². The minimum Gasteiger partial charge on any atom is -0.454 e. The number of aryl methyl sites for hydroxylation is 1. The van der Waals surface area contributed by atoms with Gasteiger partial charge in [-0.1, -0.05) is 17.7 Å². The molecule has 0 fully saturated rings. The number of nitrogens with one attached hydrogen (secondary N) is 2. The third-order valence-corrected chi connectivity index (χ3v) is 4.12. The molecule has 3 aromatic carbocycles. The Balaban J connectivity index is 1.42.